The normalized spacial score (nSPS) is 13.0. The second-order valence-corrected chi connectivity index (χ2v) is 9.82. The van der Waals surface area contributed by atoms with Gasteiger partial charge in [0.05, 0.1) is 18.5 Å². The number of rotatable bonds is 9. The first-order chi connectivity index (χ1) is 16.5. The third kappa shape index (κ3) is 6.32. The molecule has 0 radical (unpaired) electrons. The molecule has 0 bridgehead atoms. The lowest BCUT2D eigenvalue weighted by molar-refractivity contribution is -0.142. The second kappa shape index (κ2) is 11.1. The van der Waals surface area contributed by atoms with Crippen molar-refractivity contribution in [2.45, 2.75) is 46.7 Å². The summed E-state index contributed by atoms with van der Waals surface area (Å²) in [6, 6.07) is 11.4. The highest BCUT2D eigenvalue weighted by atomic mass is 35.5. The van der Waals surface area contributed by atoms with Crippen molar-refractivity contribution in [2.24, 2.45) is 11.8 Å². The maximum absolute atomic E-state index is 13.5. The van der Waals surface area contributed by atoms with Gasteiger partial charge in [-0.25, -0.2) is 14.2 Å². The minimum absolute atomic E-state index is 0.0223. The summed E-state index contributed by atoms with van der Waals surface area (Å²) in [5, 5.41) is 13.5. The number of anilines is 2. The van der Waals surface area contributed by atoms with E-state index in [4.69, 9.17) is 23.2 Å². The van der Waals surface area contributed by atoms with Crippen molar-refractivity contribution in [1.82, 2.24) is 14.1 Å². The van der Waals surface area contributed by atoms with E-state index in [1.807, 2.05) is 12.1 Å². The SMILES string of the molecule is CC(C)Cc1ccc(Nc2nc(=O)n(C(C)[C@@H](C)C(=O)O)c(=O)n2Cc2ccc(Cl)cc2)cc1Cl. The molecular formula is C25H28Cl2N4O4. The highest BCUT2D eigenvalue weighted by Crippen LogP contribution is 2.25. The zero-order chi connectivity index (χ0) is 25.9. The largest absolute Gasteiger partial charge is 0.481 e. The molecule has 3 aromatic rings. The molecule has 1 aromatic heterocycles. The van der Waals surface area contributed by atoms with Crippen LogP contribution in [0.2, 0.25) is 10.0 Å². The number of benzene rings is 2. The summed E-state index contributed by atoms with van der Waals surface area (Å²) in [6.07, 6.45) is 0.814. The van der Waals surface area contributed by atoms with Gasteiger partial charge in [0.15, 0.2) is 0 Å². The summed E-state index contributed by atoms with van der Waals surface area (Å²) < 4.78 is 2.17. The van der Waals surface area contributed by atoms with Gasteiger partial charge in [0.25, 0.3) is 0 Å². The Labute approximate surface area is 213 Å². The van der Waals surface area contributed by atoms with Crippen LogP contribution in [0.3, 0.4) is 0 Å². The van der Waals surface area contributed by atoms with Gasteiger partial charge in [-0.3, -0.25) is 9.36 Å². The molecule has 2 aromatic carbocycles. The van der Waals surface area contributed by atoms with Gasteiger partial charge in [-0.2, -0.15) is 4.98 Å². The third-order valence-corrected chi connectivity index (χ3v) is 6.42. The Kier molecular flexibility index (Phi) is 8.40. The van der Waals surface area contributed by atoms with E-state index in [0.717, 1.165) is 22.1 Å². The first kappa shape index (κ1) is 26.5. The average molecular weight is 519 g/mol. The smallest absolute Gasteiger partial charge is 0.355 e. The zero-order valence-corrected chi connectivity index (χ0v) is 21.5. The molecule has 0 amide bonds. The van der Waals surface area contributed by atoms with Crippen molar-refractivity contribution < 1.29 is 9.90 Å². The van der Waals surface area contributed by atoms with Crippen LogP contribution in [-0.4, -0.2) is 25.2 Å². The Morgan fingerprint density at radius 3 is 2.29 bits per heavy atom. The van der Waals surface area contributed by atoms with Gasteiger partial charge < -0.3 is 10.4 Å². The first-order valence-corrected chi connectivity index (χ1v) is 12.0. The molecule has 0 saturated heterocycles. The molecule has 2 N–H and O–H groups in total. The molecule has 186 valence electrons. The molecule has 0 spiro atoms. The summed E-state index contributed by atoms with van der Waals surface area (Å²) >= 11 is 12.4. The molecule has 1 heterocycles. The van der Waals surface area contributed by atoms with Gasteiger partial charge in [0.2, 0.25) is 5.95 Å². The topological polar surface area (TPSA) is 106 Å². The monoisotopic (exact) mass is 518 g/mol. The summed E-state index contributed by atoms with van der Waals surface area (Å²) in [4.78, 5) is 42.0. The van der Waals surface area contributed by atoms with Crippen molar-refractivity contribution >= 4 is 40.8 Å². The number of aromatic nitrogens is 3. The van der Waals surface area contributed by atoms with E-state index in [2.05, 4.69) is 24.1 Å². The Balaban J connectivity index is 2.10. The maximum Gasteiger partial charge on any atom is 0.355 e. The molecule has 0 aliphatic heterocycles. The summed E-state index contributed by atoms with van der Waals surface area (Å²) in [5.74, 6) is -1.64. The standard InChI is InChI=1S/C25H28Cl2N4O4/c1-14(2)11-18-7-10-20(12-21(18)27)28-23-29-24(34)31(16(4)15(3)22(32)33)25(35)30(23)13-17-5-8-19(26)9-6-17/h5-10,12,14-16H,11,13H2,1-4H3,(H,32,33)(H,28,29,34)/t15-,16?/m1/s1. The minimum Gasteiger partial charge on any atom is -0.481 e. The quantitative estimate of drug-likeness (QED) is 0.413. The number of carboxylic acid groups (broad SMARTS) is 1. The van der Waals surface area contributed by atoms with Crippen LogP contribution in [0.15, 0.2) is 52.1 Å². The molecule has 2 atom stereocenters. The molecule has 8 nitrogen and oxygen atoms in total. The lowest BCUT2D eigenvalue weighted by Crippen LogP contribution is -2.46. The summed E-state index contributed by atoms with van der Waals surface area (Å²) in [7, 11) is 0. The van der Waals surface area contributed by atoms with Crippen LogP contribution >= 0.6 is 23.2 Å². The van der Waals surface area contributed by atoms with Crippen LogP contribution < -0.4 is 16.7 Å². The number of carbonyl (C=O) groups is 1. The van der Waals surface area contributed by atoms with Crippen LogP contribution in [0.1, 0.15) is 44.9 Å². The molecule has 0 aliphatic carbocycles. The number of halogens is 2. The van der Waals surface area contributed by atoms with Crippen molar-refractivity contribution in [2.75, 3.05) is 5.32 Å². The molecular weight excluding hydrogens is 491 g/mol. The van der Waals surface area contributed by atoms with E-state index >= 15 is 0 Å². The Hall–Kier alpha value is -3.10. The van der Waals surface area contributed by atoms with Crippen molar-refractivity contribution in [3.8, 4) is 0 Å². The molecule has 0 saturated carbocycles. The minimum atomic E-state index is -1.12. The van der Waals surface area contributed by atoms with Gasteiger partial charge >= 0.3 is 17.3 Å². The van der Waals surface area contributed by atoms with E-state index in [0.29, 0.717) is 21.7 Å². The van der Waals surface area contributed by atoms with E-state index in [1.165, 1.54) is 18.4 Å². The Morgan fingerprint density at radius 2 is 1.71 bits per heavy atom. The number of hydrogen-bond acceptors (Lipinski definition) is 5. The van der Waals surface area contributed by atoms with Crippen molar-refractivity contribution in [1.29, 1.82) is 0 Å². The molecule has 3 rings (SSSR count). The van der Waals surface area contributed by atoms with E-state index in [-0.39, 0.29) is 12.5 Å². The van der Waals surface area contributed by atoms with Crippen LogP contribution in [0, 0.1) is 11.8 Å². The molecule has 1 unspecified atom stereocenters. The van der Waals surface area contributed by atoms with Crippen LogP contribution in [0.5, 0.6) is 0 Å². The predicted octanol–water partition coefficient (Wildman–Crippen LogP) is 4.98. The van der Waals surface area contributed by atoms with Crippen molar-refractivity contribution in [3.63, 3.8) is 0 Å². The zero-order valence-electron chi connectivity index (χ0n) is 20.0. The number of nitrogens with zero attached hydrogens (tertiary/aromatic N) is 3. The number of aliphatic carboxylic acids is 1. The van der Waals surface area contributed by atoms with Gasteiger partial charge in [0, 0.05) is 15.7 Å². The van der Waals surface area contributed by atoms with Crippen LogP contribution in [0.25, 0.3) is 0 Å². The van der Waals surface area contributed by atoms with Crippen molar-refractivity contribution in [3.05, 3.63) is 84.6 Å². The first-order valence-electron chi connectivity index (χ1n) is 11.2. The molecule has 0 fully saturated rings. The fraction of sp³-hybridized carbons (Fsp3) is 0.360. The van der Waals surface area contributed by atoms with Crippen LogP contribution in [-0.2, 0) is 17.8 Å². The third-order valence-electron chi connectivity index (χ3n) is 5.81. The van der Waals surface area contributed by atoms with E-state index in [9.17, 15) is 19.5 Å². The Bertz CT molecular complexity index is 1330. The van der Waals surface area contributed by atoms with Gasteiger partial charge in [-0.1, -0.05) is 55.2 Å². The van der Waals surface area contributed by atoms with Gasteiger partial charge in [-0.15, -0.1) is 0 Å². The number of hydrogen-bond donors (Lipinski definition) is 2. The lowest BCUT2D eigenvalue weighted by Gasteiger charge is -2.21. The average Bonchev–Trinajstić information content (AvgIpc) is 2.78. The highest BCUT2D eigenvalue weighted by Gasteiger charge is 2.26. The Morgan fingerprint density at radius 1 is 1.06 bits per heavy atom. The fourth-order valence-corrected chi connectivity index (χ4v) is 4.04. The fourth-order valence-electron chi connectivity index (χ4n) is 3.66. The molecule has 0 aliphatic rings. The van der Waals surface area contributed by atoms with Crippen LogP contribution in [0.4, 0.5) is 11.6 Å². The summed E-state index contributed by atoms with van der Waals surface area (Å²) in [6.45, 7) is 7.23. The van der Waals surface area contributed by atoms with E-state index < -0.39 is 29.3 Å². The maximum atomic E-state index is 13.5. The van der Waals surface area contributed by atoms with E-state index in [1.54, 1.807) is 30.3 Å². The lowest BCUT2D eigenvalue weighted by atomic mass is 10.0. The van der Waals surface area contributed by atoms with Gasteiger partial charge in [-0.05, 0) is 61.6 Å². The highest BCUT2D eigenvalue weighted by molar-refractivity contribution is 6.31. The predicted molar refractivity (Wildman–Crippen MR) is 138 cm³/mol. The van der Waals surface area contributed by atoms with Gasteiger partial charge in [0.1, 0.15) is 0 Å². The number of carboxylic acids is 1. The number of nitrogens with one attached hydrogen (secondary N) is 1. The summed E-state index contributed by atoms with van der Waals surface area (Å²) in [5.41, 5.74) is 0.781. The second-order valence-electron chi connectivity index (χ2n) is 8.98. The molecule has 10 heteroatoms. The molecule has 35 heavy (non-hydrogen) atoms.